The van der Waals surface area contributed by atoms with Crippen LogP contribution in [0, 0.1) is 17.8 Å². The van der Waals surface area contributed by atoms with Crippen molar-refractivity contribution in [2.45, 2.75) is 362 Å². The van der Waals surface area contributed by atoms with Gasteiger partial charge in [0.15, 0.2) is 12.2 Å². The highest BCUT2D eigenvalue weighted by Crippen LogP contribution is 2.45. The maximum Gasteiger partial charge on any atom is 0.472 e. The molecule has 19 heteroatoms. The van der Waals surface area contributed by atoms with E-state index in [1.165, 1.54) is 148 Å². The van der Waals surface area contributed by atoms with E-state index in [-0.39, 0.29) is 25.7 Å². The third-order valence-corrected chi connectivity index (χ3v) is 18.1. The molecule has 0 saturated carbocycles. The fraction of sp³-hybridized carbons (Fsp3) is 0.942. The summed E-state index contributed by atoms with van der Waals surface area (Å²) in [6.07, 6.45) is 43.8. The SMILES string of the molecule is CCCCCCCC(=O)OC[C@H](COP(=O)(O)OC[C@H](O)COP(=O)(O)OC[C@@H](COC(=O)CCCCCCCCCCCC(C)C)OC(=O)CCCCCCCCCCCCCCCCCCCCC(C)CC)OC(=O)CCCCCCCCC(C)C. The molecule has 17 nitrogen and oxygen atoms in total. The van der Waals surface area contributed by atoms with Crippen LogP contribution in [0.1, 0.15) is 344 Å². The maximum atomic E-state index is 13.0. The first-order valence-corrected chi connectivity index (χ1v) is 38.9. The summed E-state index contributed by atoms with van der Waals surface area (Å²) in [6.45, 7) is 11.7. The molecule has 0 spiro atoms. The number of hydrogen-bond donors (Lipinski definition) is 3. The molecule has 0 aromatic rings. The van der Waals surface area contributed by atoms with E-state index in [1.54, 1.807) is 0 Å². The predicted octanol–water partition coefficient (Wildman–Crippen LogP) is 19.5. The van der Waals surface area contributed by atoms with Crippen molar-refractivity contribution in [3.05, 3.63) is 0 Å². The first-order chi connectivity index (χ1) is 42.3. The van der Waals surface area contributed by atoms with Crippen LogP contribution in [0.3, 0.4) is 0 Å². The van der Waals surface area contributed by atoms with Gasteiger partial charge in [-0.3, -0.25) is 37.3 Å². The van der Waals surface area contributed by atoms with Gasteiger partial charge in [0.05, 0.1) is 26.4 Å². The van der Waals surface area contributed by atoms with E-state index < -0.39 is 97.5 Å². The highest BCUT2D eigenvalue weighted by atomic mass is 31.2. The highest BCUT2D eigenvalue weighted by molar-refractivity contribution is 7.47. The zero-order valence-electron chi connectivity index (χ0n) is 57.2. The van der Waals surface area contributed by atoms with Gasteiger partial charge >= 0.3 is 39.5 Å². The number of ether oxygens (including phenoxy) is 4. The fourth-order valence-corrected chi connectivity index (χ4v) is 11.9. The molecule has 0 amide bonds. The van der Waals surface area contributed by atoms with Gasteiger partial charge in [-0.15, -0.1) is 0 Å². The zero-order chi connectivity index (χ0) is 65.2. The van der Waals surface area contributed by atoms with Gasteiger partial charge in [0.2, 0.25) is 0 Å². The van der Waals surface area contributed by atoms with Crippen molar-refractivity contribution in [2.24, 2.45) is 17.8 Å². The van der Waals surface area contributed by atoms with Gasteiger partial charge in [-0.1, -0.05) is 292 Å². The van der Waals surface area contributed by atoms with Gasteiger partial charge in [-0.05, 0) is 43.4 Å². The molecule has 0 radical (unpaired) electrons. The Morgan fingerprint density at radius 3 is 0.864 bits per heavy atom. The minimum atomic E-state index is -4.95. The van der Waals surface area contributed by atoms with Crippen molar-refractivity contribution in [3.8, 4) is 0 Å². The first kappa shape index (κ1) is 86.1. The van der Waals surface area contributed by atoms with Gasteiger partial charge < -0.3 is 33.8 Å². The molecule has 3 unspecified atom stereocenters. The summed E-state index contributed by atoms with van der Waals surface area (Å²) in [4.78, 5) is 72.1. The van der Waals surface area contributed by atoms with E-state index in [1.807, 2.05) is 0 Å². The van der Waals surface area contributed by atoms with Gasteiger partial charge in [0.1, 0.15) is 19.3 Å². The summed E-state index contributed by atoms with van der Waals surface area (Å²) >= 11 is 0. The summed E-state index contributed by atoms with van der Waals surface area (Å²) < 4.78 is 67.9. The smallest absolute Gasteiger partial charge is 0.462 e. The molecule has 0 fully saturated rings. The van der Waals surface area contributed by atoms with Gasteiger partial charge in [-0.2, -0.15) is 0 Å². The Morgan fingerprint density at radius 2 is 0.580 bits per heavy atom. The van der Waals surface area contributed by atoms with Crippen molar-refractivity contribution in [1.82, 2.24) is 0 Å². The van der Waals surface area contributed by atoms with Crippen LogP contribution in [-0.4, -0.2) is 96.7 Å². The van der Waals surface area contributed by atoms with Crippen LogP contribution in [-0.2, 0) is 65.4 Å². The summed E-state index contributed by atoms with van der Waals surface area (Å²) in [5.74, 6) is 0.140. The lowest BCUT2D eigenvalue weighted by Gasteiger charge is -2.21. The number of carbonyl (C=O) groups excluding carboxylic acids is 4. The van der Waals surface area contributed by atoms with E-state index in [4.69, 9.17) is 37.0 Å². The molecular weight excluding hydrogens is 1160 g/mol. The average molecular weight is 1300 g/mol. The molecular formula is C69H134O17P2. The number of unbranched alkanes of at least 4 members (excludes halogenated alkanes) is 34. The number of phosphoric acid groups is 2. The molecule has 0 bridgehead atoms. The monoisotopic (exact) mass is 1300 g/mol. The summed E-state index contributed by atoms with van der Waals surface area (Å²) in [5, 5.41) is 10.5. The lowest BCUT2D eigenvalue weighted by molar-refractivity contribution is -0.161. The lowest BCUT2D eigenvalue weighted by Crippen LogP contribution is -2.30. The number of aliphatic hydroxyl groups is 1. The van der Waals surface area contributed by atoms with Crippen LogP contribution in [0.15, 0.2) is 0 Å². The van der Waals surface area contributed by atoms with Crippen LogP contribution >= 0.6 is 15.6 Å². The van der Waals surface area contributed by atoms with E-state index in [0.717, 1.165) is 108 Å². The maximum absolute atomic E-state index is 13.0. The van der Waals surface area contributed by atoms with E-state index in [0.29, 0.717) is 31.6 Å². The van der Waals surface area contributed by atoms with Gasteiger partial charge in [-0.25, -0.2) is 9.13 Å². The number of phosphoric ester groups is 2. The Labute approximate surface area is 537 Å². The topological polar surface area (TPSA) is 237 Å². The summed E-state index contributed by atoms with van der Waals surface area (Å²) in [6, 6.07) is 0. The molecule has 0 aliphatic heterocycles. The highest BCUT2D eigenvalue weighted by Gasteiger charge is 2.30. The number of hydrogen-bond acceptors (Lipinski definition) is 15. The third-order valence-electron chi connectivity index (χ3n) is 16.2. The quantitative estimate of drug-likeness (QED) is 0.0222. The van der Waals surface area contributed by atoms with Crippen LogP contribution < -0.4 is 0 Å². The zero-order valence-corrected chi connectivity index (χ0v) is 59.0. The molecule has 0 saturated heterocycles. The first-order valence-electron chi connectivity index (χ1n) is 35.9. The molecule has 3 N–H and O–H groups in total. The van der Waals surface area contributed by atoms with Crippen LogP contribution in [0.5, 0.6) is 0 Å². The molecule has 6 atom stereocenters. The van der Waals surface area contributed by atoms with Crippen molar-refractivity contribution in [3.63, 3.8) is 0 Å². The molecule has 0 rings (SSSR count). The van der Waals surface area contributed by atoms with E-state index in [2.05, 4.69) is 48.5 Å². The second-order valence-electron chi connectivity index (χ2n) is 26.1. The molecule has 88 heavy (non-hydrogen) atoms. The van der Waals surface area contributed by atoms with Crippen LogP contribution in [0.2, 0.25) is 0 Å². The Morgan fingerprint density at radius 1 is 0.330 bits per heavy atom. The van der Waals surface area contributed by atoms with Crippen LogP contribution in [0.4, 0.5) is 0 Å². The Bertz CT molecular complexity index is 1730. The third kappa shape index (κ3) is 61.6. The molecule has 0 aromatic carbocycles. The normalized spacial score (nSPS) is 14.5. The van der Waals surface area contributed by atoms with Gasteiger partial charge in [0.25, 0.3) is 0 Å². The van der Waals surface area contributed by atoms with Crippen molar-refractivity contribution in [1.29, 1.82) is 0 Å². The predicted molar refractivity (Wildman–Crippen MR) is 354 cm³/mol. The van der Waals surface area contributed by atoms with E-state index >= 15 is 0 Å². The molecule has 0 aromatic heterocycles. The van der Waals surface area contributed by atoms with Crippen molar-refractivity contribution in [2.75, 3.05) is 39.6 Å². The lowest BCUT2D eigenvalue weighted by atomic mass is 9.99. The summed E-state index contributed by atoms with van der Waals surface area (Å²) in [5.41, 5.74) is 0. The second-order valence-corrected chi connectivity index (χ2v) is 29.0. The molecule has 0 aliphatic rings. The molecule has 522 valence electrons. The van der Waals surface area contributed by atoms with E-state index in [9.17, 15) is 43.2 Å². The number of aliphatic hydroxyl groups excluding tert-OH is 1. The van der Waals surface area contributed by atoms with Crippen molar-refractivity contribution >= 4 is 39.5 Å². The van der Waals surface area contributed by atoms with Crippen LogP contribution in [0.25, 0.3) is 0 Å². The Kier molecular flexibility index (Phi) is 58.7. The van der Waals surface area contributed by atoms with Gasteiger partial charge in [0, 0.05) is 25.7 Å². The fourth-order valence-electron chi connectivity index (χ4n) is 10.3. The average Bonchev–Trinajstić information content (AvgIpc) is 3.68. The molecule has 0 heterocycles. The number of carbonyl (C=O) groups is 4. The largest absolute Gasteiger partial charge is 0.472 e. The molecule has 0 aliphatic carbocycles. The standard InChI is InChI=1S/C69H134O17P2/c1-8-10-11-33-43-50-66(71)79-56-64(86-69(74)53-46-39-32-31-35-41-48-61(5)6)58-83-87(75,76)81-54-63(70)55-82-88(77,78)84-59-65(57-80-67(72)51-44-37-29-26-22-23-27-34-40-47-60(3)4)85-68(73)52-45-38-30-25-21-19-17-15-13-12-14-16-18-20-24-28-36-42-49-62(7)9-2/h60-65,70H,8-59H2,1-7H3,(H,75,76)(H,77,78)/t62?,63-,64+,65+/m0/s1. The minimum absolute atomic E-state index is 0.101. The number of esters is 4. The van der Waals surface area contributed by atoms with Crippen molar-refractivity contribution < 1.29 is 80.2 Å². The Balaban J connectivity index is 5.08. The second kappa shape index (κ2) is 60.0. The Hall–Kier alpha value is -1.94. The minimum Gasteiger partial charge on any atom is -0.462 e. The summed E-state index contributed by atoms with van der Waals surface area (Å²) in [7, 11) is -9.89. The number of rotatable bonds is 67.